The molecule has 3 heterocycles. The highest BCUT2D eigenvalue weighted by Gasteiger charge is 2.21. The smallest absolute Gasteiger partial charge is 0.339 e. The van der Waals surface area contributed by atoms with E-state index >= 15 is 0 Å². The molecule has 0 bridgehead atoms. The molecule has 1 fully saturated rings. The highest BCUT2D eigenvalue weighted by atomic mass is 32.1. The first-order valence-corrected chi connectivity index (χ1v) is 8.49. The number of carbonyl (C=O) groups is 2. The van der Waals surface area contributed by atoms with E-state index in [1.807, 2.05) is 0 Å². The highest BCUT2D eigenvalue weighted by molar-refractivity contribution is 7.17. The van der Waals surface area contributed by atoms with Crippen LogP contribution in [0.1, 0.15) is 17.3 Å². The zero-order chi connectivity index (χ0) is 17.1. The van der Waals surface area contributed by atoms with Crippen LogP contribution in [0.25, 0.3) is 10.2 Å². The molecule has 1 aliphatic rings. The Morgan fingerprint density at radius 2 is 2.12 bits per heavy atom. The third kappa shape index (κ3) is 3.17. The number of morpholine rings is 1. The van der Waals surface area contributed by atoms with Crippen LogP contribution in [-0.2, 0) is 20.8 Å². The van der Waals surface area contributed by atoms with Gasteiger partial charge in [0.25, 0.3) is 5.56 Å². The van der Waals surface area contributed by atoms with Crippen LogP contribution in [0.3, 0.4) is 0 Å². The lowest BCUT2D eigenvalue weighted by Gasteiger charge is -2.26. The number of ether oxygens (including phenoxy) is 2. The number of esters is 1. The summed E-state index contributed by atoms with van der Waals surface area (Å²) in [4.78, 5) is 43.2. The van der Waals surface area contributed by atoms with Crippen molar-refractivity contribution in [3.8, 4) is 0 Å². The van der Waals surface area contributed by atoms with Crippen molar-refractivity contribution >= 4 is 33.4 Å². The minimum Gasteiger partial charge on any atom is -0.462 e. The molecule has 0 N–H and O–H groups in total. The van der Waals surface area contributed by atoms with Gasteiger partial charge in [0, 0.05) is 18.5 Å². The largest absolute Gasteiger partial charge is 0.462 e. The Labute approximate surface area is 141 Å². The summed E-state index contributed by atoms with van der Waals surface area (Å²) < 4.78 is 11.4. The number of aromatic nitrogens is 2. The summed E-state index contributed by atoms with van der Waals surface area (Å²) >= 11 is 1.20. The molecule has 8 nitrogen and oxygen atoms in total. The minimum absolute atomic E-state index is 0.111. The van der Waals surface area contributed by atoms with E-state index < -0.39 is 11.5 Å². The second-order valence-corrected chi connectivity index (χ2v) is 6.08. The molecule has 128 valence electrons. The van der Waals surface area contributed by atoms with Crippen molar-refractivity contribution in [1.82, 2.24) is 14.5 Å². The lowest BCUT2D eigenvalue weighted by molar-refractivity contribution is -0.135. The van der Waals surface area contributed by atoms with Crippen molar-refractivity contribution < 1.29 is 19.1 Å². The Morgan fingerprint density at radius 1 is 1.38 bits per heavy atom. The topological polar surface area (TPSA) is 90.7 Å². The van der Waals surface area contributed by atoms with E-state index in [2.05, 4.69) is 4.98 Å². The van der Waals surface area contributed by atoms with Gasteiger partial charge in [-0.1, -0.05) is 0 Å². The van der Waals surface area contributed by atoms with E-state index in [9.17, 15) is 14.4 Å². The summed E-state index contributed by atoms with van der Waals surface area (Å²) in [6, 6.07) is 0. The Balaban J connectivity index is 1.90. The van der Waals surface area contributed by atoms with E-state index in [-0.39, 0.29) is 30.0 Å². The van der Waals surface area contributed by atoms with Crippen LogP contribution in [0, 0.1) is 0 Å². The summed E-state index contributed by atoms with van der Waals surface area (Å²) in [6.45, 7) is 3.82. The first-order chi connectivity index (χ1) is 11.6. The maximum Gasteiger partial charge on any atom is 0.339 e. The summed E-state index contributed by atoms with van der Waals surface area (Å²) in [5.41, 5.74) is -0.214. The number of nitrogens with zero attached hydrogens (tertiary/aromatic N) is 3. The van der Waals surface area contributed by atoms with Crippen LogP contribution in [0.15, 0.2) is 16.5 Å². The fourth-order valence-corrected chi connectivity index (χ4v) is 3.36. The van der Waals surface area contributed by atoms with E-state index in [0.29, 0.717) is 31.1 Å². The highest BCUT2D eigenvalue weighted by Crippen LogP contribution is 2.21. The average molecular weight is 351 g/mol. The lowest BCUT2D eigenvalue weighted by Crippen LogP contribution is -2.43. The molecule has 24 heavy (non-hydrogen) atoms. The monoisotopic (exact) mass is 351 g/mol. The zero-order valence-electron chi connectivity index (χ0n) is 13.2. The predicted molar refractivity (Wildman–Crippen MR) is 87.2 cm³/mol. The number of hydrogen-bond acceptors (Lipinski definition) is 7. The van der Waals surface area contributed by atoms with Gasteiger partial charge in [0.2, 0.25) is 5.91 Å². The molecule has 0 aliphatic carbocycles. The lowest BCUT2D eigenvalue weighted by atomic mass is 10.2. The standard InChI is InChI=1S/C15H17N3O5S/c1-2-23-15(21)10-8-24-13-12(10)14(20)18(9-16-13)7-11(19)17-3-5-22-6-4-17/h8-9H,2-7H2,1H3. The van der Waals surface area contributed by atoms with Gasteiger partial charge in [-0.25, -0.2) is 9.78 Å². The molecule has 9 heteroatoms. The van der Waals surface area contributed by atoms with Gasteiger partial charge >= 0.3 is 5.97 Å². The Bertz CT molecular complexity index is 822. The van der Waals surface area contributed by atoms with Crippen LogP contribution >= 0.6 is 11.3 Å². The number of hydrogen-bond donors (Lipinski definition) is 0. The Morgan fingerprint density at radius 3 is 2.83 bits per heavy atom. The zero-order valence-corrected chi connectivity index (χ0v) is 14.0. The molecule has 1 saturated heterocycles. The minimum atomic E-state index is -0.556. The molecule has 0 unspecified atom stereocenters. The number of rotatable bonds is 4. The number of amides is 1. The first kappa shape index (κ1) is 16.6. The quantitative estimate of drug-likeness (QED) is 0.745. The van der Waals surface area contributed by atoms with Gasteiger partial charge in [-0.15, -0.1) is 11.3 Å². The average Bonchev–Trinajstić information content (AvgIpc) is 3.03. The van der Waals surface area contributed by atoms with E-state index in [4.69, 9.17) is 9.47 Å². The molecule has 2 aromatic rings. The van der Waals surface area contributed by atoms with Crippen molar-refractivity contribution in [3.05, 3.63) is 27.6 Å². The Kier molecular flexibility index (Phi) is 4.91. The van der Waals surface area contributed by atoms with Gasteiger partial charge < -0.3 is 14.4 Å². The Hall–Kier alpha value is -2.26. The fraction of sp³-hybridized carbons (Fsp3) is 0.467. The number of carbonyl (C=O) groups excluding carboxylic acids is 2. The van der Waals surface area contributed by atoms with Crippen molar-refractivity contribution in [1.29, 1.82) is 0 Å². The molecule has 0 radical (unpaired) electrons. The summed E-state index contributed by atoms with van der Waals surface area (Å²) in [6.07, 6.45) is 1.34. The van der Waals surface area contributed by atoms with E-state index in [1.165, 1.54) is 22.2 Å². The molecular formula is C15H17N3O5S. The van der Waals surface area contributed by atoms with Gasteiger partial charge in [-0.3, -0.25) is 14.2 Å². The fourth-order valence-electron chi connectivity index (χ4n) is 2.50. The molecule has 1 amide bonds. The molecule has 0 saturated carbocycles. The SMILES string of the molecule is CCOC(=O)c1csc2ncn(CC(=O)N3CCOCC3)c(=O)c12. The number of fused-ring (bicyclic) bond motifs is 1. The molecular weight excluding hydrogens is 334 g/mol. The summed E-state index contributed by atoms with van der Waals surface area (Å²) in [5, 5.41) is 1.77. The van der Waals surface area contributed by atoms with Gasteiger partial charge in [0.1, 0.15) is 11.4 Å². The van der Waals surface area contributed by atoms with Crippen molar-refractivity contribution in [2.45, 2.75) is 13.5 Å². The van der Waals surface area contributed by atoms with Crippen LogP contribution in [-0.4, -0.2) is 59.2 Å². The third-order valence-electron chi connectivity index (χ3n) is 3.73. The molecule has 0 spiro atoms. The van der Waals surface area contributed by atoms with Crippen LogP contribution in [0.5, 0.6) is 0 Å². The molecule has 3 rings (SSSR count). The molecule has 1 aliphatic heterocycles. The molecule has 0 atom stereocenters. The van der Waals surface area contributed by atoms with E-state index in [1.54, 1.807) is 17.2 Å². The first-order valence-electron chi connectivity index (χ1n) is 7.61. The van der Waals surface area contributed by atoms with Crippen LogP contribution in [0.2, 0.25) is 0 Å². The maximum absolute atomic E-state index is 12.7. The van der Waals surface area contributed by atoms with Gasteiger partial charge in [0.05, 0.1) is 37.1 Å². The third-order valence-corrected chi connectivity index (χ3v) is 4.61. The van der Waals surface area contributed by atoms with Gasteiger partial charge in [-0.2, -0.15) is 0 Å². The van der Waals surface area contributed by atoms with Gasteiger partial charge in [0.15, 0.2) is 0 Å². The van der Waals surface area contributed by atoms with E-state index in [0.717, 1.165) is 0 Å². The molecule has 2 aromatic heterocycles. The predicted octanol–water partition coefficient (Wildman–Crippen LogP) is 0.494. The van der Waals surface area contributed by atoms with Crippen LogP contribution in [0.4, 0.5) is 0 Å². The maximum atomic E-state index is 12.7. The van der Waals surface area contributed by atoms with Crippen LogP contribution < -0.4 is 5.56 Å². The molecule has 0 aromatic carbocycles. The summed E-state index contributed by atoms with van der Waals surface area (Å²) in [5.74, 6) is -0.727. The second kappa shape index (κ2) is 7.10. The van der Waals surface area contributed by atoms with Gasteiger partial charge in [-0.05, 0) is 6.92 Å². The summed E-state index contributed by atoms with van der Waals surface area (Å²) in [7, 11) is 0. The van der Waals surface area contributed by atoms with Crippen molar-refractivity contribution in [2.75, 3.05) is 32.9 Å². The normalized spacial score (nSPS) is 14.8. The number of thiophene rings is 1. The second-order valence-electron chi connectivity index (χ2n) is 5.22. The van der Waals surface area contributed by atoms with Crippen molar-refractivity contribution in [2.24, 2.45) is 0 Å². The van der Waals surface area contributed by atoms with Crippen molar-refractivity contribution in [3.63, 3.8) is 0 Å².